The number of ether oxygens (including phenoxy) is 1. The van der Waals surface area contributed by atoms with Gasteiger partial charge in [-0.3, -0.25) is 9.79 Å². The predicted octanol–water partition coefficient (Wildman–Crippen LogP) is 3.25. The molecule has 0 atom stereocenters. The zero-order chi connectivity index (χ0) is 23.6. The zero-order valence-corrected chi connectivity index (χ0v) is 15.6. The Morgan fingerprint density at radius 2 is 1.87 bits per heavy atom. The average Bonchev–Trinajstić information content (AvgIpc) is 2.64. The summed E-state index contributed by atoms with van der Waals surface area (Å²) in [6.45, 7) is -2.14. The third kappa shape index (κ3) is 5.21. The Hall–Kier alpha value is -2.97. The van der Waals surface area contributed by atoms with Gasteiger partial charge in [-0.1, -0.05) is 11.6 Å². The van der Waals surface area contributed by atoms with Crippen LogP contribution in [0.2, 0.25) is 0 Å². The Morgan fingerprint density at radius 3 is 2.39 bits per heavy atom. The lowest BCUT2D eigenvalue weighted by Crippen LogP contribution is -2.39. The fourth-order valence-electron chi connectivity index (χ4n) is 2.16. The summed E-state index contributed by atoms with van der Waals surface area (Å²) >= 11 is 5.34. The van der Waals surface area contributed by atoms with Gasteiger partial charge in [-0.15, -0.1) is 0 Å². The van der Waals surface area contributed by atoms with Crippen molar-refractivity contribution >= 4 is 29.0 Å². The second-order valence-corrected chi connectivity index (χ2v) is 5.87. The van der Waals surface area contributed by atoms with E-state index in [0.717, 1.165) is 12.3 Å². The van der Waals surface area contributed by atoms with Crippen molar-refractivity contribution in [2.45, 2.75) is 18.3 Å². The van der Waals surface area contributed by atoms with E-state index in [9.17, 15) is 39.9 Å². The van der Waals surface area contributed by atoms with Gasteiger partial charge in [-0.2, -0.15) is 44.7 Å². The molecule has 0 unspecified atom stereocenters. The Kier molecular flexibility index (Phi) is 6.78. The van der Waals surface area contributed by atoms with Crippen LogP contribution in [0.5, 0.6) is 5.75 Å². The predicted molar refractivity (Wildman–Crippen MR) is 92.1 cm³/mol. The molecular formula is C15H10ClF8N5O2. The second-order valence-electron chi connectivity index (χ2n) is 5.65. The van der Waals surface area contributed by atoms with Crippen LogP contribution in [0.3, 0.4) is 0 Å². The van der Waals surface area contributed by atoms with Gasteiger partial charge >= 0.3 is 18.3 Å². The number of rotatable bonds is 6. The molecule has 2 aromatic heterocycles. The Balaban J connectivity index is 2.63. The molecule has 0 amide bonds. The molecule has 0 spiro atoms. The van der Waals surface area contributed by atoms with E-state index in [1.807, 2.05) is 0 Å². The molecule has 0 aliphatic carbocycles. The van der Waals surface area contributed by atoms with Gasteiger partial charge in [0.05, 0.1) is 11.8 Å². The summed E-state index contributed by atoms with van der Waals surface area (Å²) in [5, 5.41) is 3.56. The van der Waals surface area contributed by atoms with Gasteiger partial charge < -0.3 is 10.5 Å². The van der Waals surface area contributed by atoms with E-state index < -0.39 is 52.9 Å². The van der Waals surface area contributed by atoms with E-state index >= 15 is 0 Å². The minimum Gasteiger partial charge on any atom is -0.476 e. The van der Waals surface area contributed by atoms with Crippen LogP contribution in [-0.4, -0.2) is 45.5 Å². The molecule has 31 heavy (non-hydrogen) atoms. The lowest BCUT2D eigenvalue weighted by molar-refractivity contribution is -0.276. The number of aliphatic imine (C=N–C) groups is 1. The average molecular weight is 480 g/mol. The molecule has 0 fully saturated rings. The topological polar surface area (TPSA) is 94.9 Å². The fraction of sp³-hybridized carbons (Fsp3) is 0.333. The van der Waals surface area contributed by atoms with Crippen molar-refractivity contribution in [1.82, 2.24) is 14.6 Å². The number of allylic oxidation sites excluding steroid dienone is 1. The molecule has 7 nitrogen and oxygen atoms in total. The number of aromatic nitrogens is 3. The standard InChI is InChI=1S/C15H10ClF8N5O2/c16-6-31-8-1-9-28-11(14(19,20)21)10(12(30)29(9)27-4-8)7(2-25)3-26-5-13(17,18)15(22,23)24/h1-4H,5-6,25H2/b7-2+,26-3?. The highest BCUT2D eigenvalue weighted by Gasteiger charge is 2.57. The SMILES string of the molecule is N/C=C(\C=NCC(F)(F)C(F)(F)F)c1c(C(F)(F)F)nc2cc(OCCl)cnn2c1=O. The van der Waals surface area contributed by atoms with Crippen LogP contribution in [0.25, 0.3) is 11.2 Å². The lowest BCUT2D eigenvalue weighted by Gasteiger charge is -2.17. The van der Waals surface area contributed by atoms with Crippen LogP contribution >= 0.6 is 11.6 Å². The summed E-state index contributed by atoms with van der Waals surface area (Å²) in [6.07, 6.45) is -9.69. The second kappa shape index (κ2) is 8.64. The van der Waals surface area contributed by atoms with E-state index in [1.54, 1.807) is 0 Å². The highest BCUT2D eigenvalue weighted by atomic mass is 35.5. The fourth-order valence-corrected chi connectivity index (χ4v) is 2.29. The molecule has 0 aliphatic rings. The highest BCUT2D eigenvalue weighted by molar-refractivity contribution is 6.17. The highest BCUT2D eigenvalue weighted by Crippen LogP contribution is 2.36. The quantitative estimate of drug-likeness (QED) is 0.390. The molecule has 0 aliphatic heterocycles. The van der Waals surface area contributed by atoms with E-state index in [-0.39, 0.29) is 18.0 Å². The van der Waals surface area contributed by atoms with Crippen LogP contribution in [0.15, 0.2) is 28.3 Å². The number of nitrogens with zero attached hydrogens (tertiary/aromatic N) is 4. The number of hydrogen-bond acceptors (Lipinski definition) is 6. The summed E-state index contributed by atoms with van der Waals surface area (Å²) in [5.74, 6) is -5.37. The number of hydrogen-bond donors (Lipinski definition) is 1. The van der Waals surface area contributed by atoms with Crippen LogP contribution in [-0.2, 0) is 6.18 Å². The minimum absolute atomic E-state index is 0.117. The molecule has 0 saturated heterocycles. The van der Waals surface area contributed by atoms with Crippen LogP contribution < -0.4 is 16.0 Å². The van der Waals surface area contributed by atoms with Crippen molar-refractivity contribution in [2.24, 2.45) is 10.7 Å². The maximum absolute atomic E-state index is 13.5. The normalized spacial score (nSPS) is 13.9. The molecule has 2 heterocycles. The molecule has 0 bridgehead atoms. The Morgan fingerprint density at radius 1 is 1.23 bits per heavy atom. The van der Waals surface area contributed by atoms with E-state index in [1.165, 1.54) is 0 Å². The molecule has 2 rings (SSSR count). The van der Waals surface area contributed by atoms with Gasteiger partial charge in [0.2, 0.25) is 0 Å². The third-order valence-corrected chi connectivity index (χ3v) is 3.66. The maximum atomic E-state index is 13.5. The third-order valence-electron chi connectivity index (χ3n) is 3.55. The van der Waals surface area contributed by atoms with Crippen LogP contribution in [0.1, 0.15) is 11.3 Å². The number of fused-ring (bicyclic) bond motifs is 1. The molecule has 0 aromatic carbocycles. The van der Waals surface area contributed by atoms with Gasteiger partial charge in [0.1, 0.15) is 12.3 Å². The molecule has 0 radical (unpaired) electrons. The van der Waals surface area contributed by atoms with E-state index in [0.29, 0.717) is 10.7 Å². The first-order valence-corrected chi connectivity index (χ1v) is 8.32. The smallest absolute Gasteiger partial charge is 0.455 e. The van der Waals surface area contributed by atoms with Crippen LogP contribution in [0.4, 0.5) is 35.1 Å². The summed E-state index contributed by atoms with van der Waals surface area (Å²) in [7, 11) is 0. The van der Waals surface area contributed by atoms with Gasteiger partial charge in [0.15, 0.2) is 17.4 Å². The molecule has 2 aromatic rings. The maximum Gasteiger partial charge on any atom is 0.455 e. The first-order chi connectivity index (χ1) is 14.2. The van der Waals surface area contributed by atoms with Crippen molar-refractivity contribution in [1.29, 1.82) is 0 Å². The minimum atomic E-state index is -5.94. The monoisotopic (exact) mass is 479 g/mol. The first-order valence-electron chi connectivity index (χ1n) is 7.78. The lowest BCUT2D eigenvalue weighted by atomic mass is 10.1. The molecule has 2 N–H and O–H groups in total. The van der Waals surface area contributed by atoms with Crippen molar-refractivity contribution in [3.8, 4) is 5.75 Å². The van der Waals surface area contributed by atoms with Gasteiger partial charge in [-0.05, 0) is 0 Å². The van der Waals surface area contributed by atoms with Crippen molar-refractivity contribution in [3.63, 3.8) is 0 Å². The van der Waals surface area contributed by atoms with E-state index in [4.69, 9.17) is 22.1 Å². The first kappa shape index (κ1) is 24.3. The van der Waals surface area contributed by atoms with Crippen molar-refractivity contribution in [2.75, 3.05) is 12.6 Å². The Labute approximate surface area is 171 Å². The summed E-state index contributed by atoms with van der Waals surface area (Å²) in [6, 6.07) is 0.533. The van der Waals surface area contributed by atoms with Crippen molar-refractivity contribution in [3.05, 3.63) is 40.1 Å². The largest absolute Gasteiger partial charge is 0.476 e. The summed E-state index contributed by atoms with van der Waals surface area (Å²) in [5.41, 5.74) is -0.847. The number of alkyl halides is 9. The van der Waals surface area contributed by atoms with Gasteiger partial charge in [0.25, 0.3) is 5.56 Å². The van der Waals surface area contributed by atoms with Crippen molar-refractivity contribution < 1.29 is 39.9 Å². The molecule has 16 heteroatoms. The summed E-state index contributed by atoms with van der Waals surface area (Å²) < 4.78 is 108. The molecule has 170 valence electrons. The number of nitrogens with two attached hydrogens (primary N) is 1. The zero-order valence-electron chi connectivity index (χ0n) is 14.8. The van der Waals surface area contributed by atoms with Crippen LogP contribution in [0, 0.1) is 0 Å². The molecule has 0 saturated carbocycles. The summed E-state index contributed by atoms with van der Waals surface area (Å²) in [4.78, 5) is 18.7. The van der Waals surface area contributed by atoms with Gasteiger partial charge in [-0.25, -0.2) is 4.98 Å². The number of halogens is 9. The van der Waals surface area contributed by atoms with E-state index in [2.05, 4.69) is 15.1 Å². The molecular weight excluding hydrogens is 470 g/mol. The Bertz CT molecular complexity index is 1080. The van der Waals surface area contributed by atoms with Gasteiger partial charge in [0, 0.05) is 24.1 Å².